The zero-order chi connectivity index (χ0) is 15.6. The number of nitrogens with zero attached hydrogens (tertiary/aromatic N) is 1. The van der Waals surface area contributed by atoms with Gasteiger partial charge in [-0.2, -0.15) is 4.31 Å². The number of hydrogen-bond donors (Lipinski definition) is 0. The summed E-state index contributed by atoms with van der Waals surface area (Å²) in [6.07, 6.45) is 3.47. The quantitative estimate of drug-likeness (QED) is 0.775. The van der Waals surface area contributed by atoms with Crippen LogP contribution in [0.1, 0.15) is 25.3 Å². The van der Waals surface area contributed by atoms with Crippen molar-refractivity contribution >= 4 is 10.0 Å². The Balaban J connectivity index is 2.28. The van der Waals surface area contributed by atoms with Gasteiger partial charge in [0.05, 0.1) is 20.5 Å². The molecule has 6 heteroatoms. The van der Waals surface area contributed by atoms with Crippen molar-refractivity contribution in [3.05, 3.63) is 23.8 Å². The number of sulfonamides is 1. The molecule has 0 N–H and O–H groups in total. The van der Waals surface area contributed by atoms with Crippen molar-refractivity contribution in [2.75, 3.05) is 20.5 Å². The molecule has 21 heavy (non-hydrogen) atoms. The summed E-state index contributed by atoms with van der Waals surface area (Å²) in [6, 6.07) is 5.47. The minimum atomic E-state index is -3.26. The Labute approximate surface area is 126 Å². The molecule has 0 aliphatic heterocycles. The standard InChI is InChI=1S/C15H23NO4S/c1-11(12-5-6-12)16(21(4,17)18)10-13-7-8-14(19-2)9-15(13)20-3/h7-9,11-12H,5-6,10H2,1-4H3/t11-/m0/s1. The third kappa shape index (κ3) is 3.89. The van der Waals surface area contributed by atoms with Crippen LogP contribution in [-0.4, -0.2) is 39.2 Å². The van der Waals surface area contributed by atoms with E-state index in [4.69, 9.17) is 9.47 Å². The SMILES string of the molecule is COc1ccc(CN([C@@H](C)C2CC2)S(C)(=O)=O)c(OC)c1. The molecule has 0 aromatic heterocycles. The molecule has 0 saturated heterocycles. The van der Waals surface area contributed by atoms with E-state index < -0.39 is 10.0 Å². The van der Waals surface area contributed by atoms with Gasteiger partial charge in [0, 0.05) is 24.2 Å². The van der Waals surface area contributed by atoms with E-state index in [1.54, 1.807) is 24.6 Å². The topological polar surface area (TPSA) is 55.8 Å². The summed E-state index contributed by atoms with van der Waals surface area (Å²) in [7, 11) is -0.0950. The Kier molecular flexibility index (Phi) is 4.78. The van der Waals surface area contributed by atoms with Gasteiger partial charge in [0.15, 0.2) is 0 Å². The zero-order valence-electron chi connectivity index (χ0n) is 13.0. The third-order valence-electron chi connectivity index (χ3n) is 4.00. The van der Waals surface area contributed by atoms with Crippen LogP contribution in [-0.2, 0) is 16.6 Å². The zero-order valence-corrected chi connectivity index (χ0v) is 13.8. The largest absolute Gasteiger partial charge is 0.497 e. The van der Waals surface area contributed by atoms with Gasteiger partial charge in [-0.1, -0.05) is 6.07 Å². The molecule has 1 aromatic carbocycles. The number of ether oxygens (including phenoxy) is 2. The highest BCUT2D eigenvalue weighted by Crippen LogP contribution is 2.37. The van der Waals surface area contributed by atoms with Crippen molar-refractivity contribution < 1.29 is 17.9 Å². The van der Waals surface area contributed by atoms with Crippen molar-refractivity contribution in [2.45, 2.75) is 32.4 Å². The van der Waals surface area contributed by atoms with Gasteiger partial charge >= 0.3 is 0 Å². The summed E-state index contributed by atoms with van der Waals surface area (Å²) in [4.78, 5) is 0. The van der Waals surface area contributed by atoms with Crippen LogP contribution in [0, 0.1) is 5.92 Å². The average Bonchev–Trinajstić information content (AvgIpc) is 3.27. The smallest absolute Gasteiger partial charge is 0.211 e. The van der Waals surface area contributed by atoms with Crippen LogP contribution >= 0.6 is 0 Å². The van der Waals surface area contributed by atoms with Crippen LogP contribution in [0.3, 0.4) is 0 Å². The lowest BCUT2D eigenvalue weighted by Gasteiger charge is -2.27. The van der Waals surface area contributed by atoms with Crippen molar-refractivity contribution in [2.24, 2.45) is 5.92 Å². The van der Waals surface area contributed by atoms with Gasteiger partial charge in [0.2, 0.25) is 10.0 Å². The highest BCUT2D eigenvalue weighted by Gasteiger charge is 2.36. The van der Waals surface area contributed by atoms with Gasteiger partial charge in [-0.15, -0.1) is 0 Å². The summed E-state index contributed by atoms with van der Waals surface area (Å²) >= 11 is 0. The molecule has 0 heterocycles. The van der Waals surface area contributed by atoms with E-state index in [9.17, 15) is 8.42 Å². The summed E-state index contributed by atoms with van der Waals surface area (Å²) in [5.41, 5.74) is 0.844. The fraction of sp³-hybridized carbons (Fsp3) is 0.600. The number of hydrogen-bond acceptors (Lipinski definition) is 4. The molecule has 1 fully saturated rings. The van der Waals surface area contributed by atoms with Crippen LogP contribution in [0.15, 0.2) is 18.2 Å². The Morgan fingerprint density at radius 2 is 1.95 bits per heavy atom. The number of methoxy groups -OCH3 is 2. The molecule has 0 amide bonds. The minimum absolute atomic E-state index is 0.0202. The van der Waals surface area contributed by atoms with Crippen LogP contribution < -0.4 is 9.47 Å². The van der Waals surface area contributed by atoms with Gasteiger partial charge in [-0.25, -0.2) is 8.42 Å². The molecule has 1 aromatic rings. The molecular weight excluding hydrogens is 290 g/mol. The highest BCUT2D eigenvalue weighted by atomic mass is 32.2. The van der Waals surface area contributed by atoms with Gasteiger partial charge < -0.3 is 9.47 Å². The Hall–Kier alpha value is -1.27. The van der Waals surface area contributed by atoms with E-state index in [-0.39, 0.29) is 6.04 Å². The average molecular weight is 313 g/mol. The van der Waals surface area contributed by atoms with Gasteiger partial charge in [0.25, 0.3) is 0 Å². The minimum Gasteiger partial charge on any atom is -0.497 e. The summed E-state index contributed by atoms with van der Waals surface area (Å²) in [6.45, 7) is 2.30. The monoisotopic (exact) mass is 313 g/mol. The lowest BCUT2D eigenvalue weighted by atomic mass is 10.1. The summed E-state index contributed by atoms with van der Waals surface area (Å²) in [5.74, 6) is 1.81. The normalized spacial score (nSPS) is 16.8. The van der Waals surface area contributed by atoms with E-state index >= 15 is 0 Å². The predicted molar refractivity (Wildman–Crippen MR) is 82.1 cm³/mol. The van der Waals surface area contributed by atoms with Crippen LogP contribution in [0.4, 0.5) is 0 Å². The van der Waals surface area contributed by atoms with E-state index in [1.807, 2.05) is 19.1 Å². The molecule has 1 aliphatic rings. The first-order valence-corrected chi connectivity index (χ1v) is 8.89. The Morgan fingerprint density at radius 1 is 1.29 bits per heavy atom. The molecule has 1 saturated carbocycles. The molecule has 118 valence electrons. The first kappa shape index (κ1) is 16.1. The first-order valence-electron chi connectivity index (χ1n) is 7.04. The van der Waals surface area contributed by atoms with Crippen molar-refractivity contribution in [3.8, 4) is 11.5 Å². The maximum atomic E-state index is 12.1. The van der Waals surface area contributed by atoms with Crippen molar-refractivity contribution in [3.63, 3.8) is 0 Å². The van der Waals surface area contributed by atoms with Gasteiger partial charge in [-0.05, 0) is 31.7 Å². The summed E-state index contributed by atoms with van der Waals surface area (Å²) in [5, 5.41) is 0. The van der Waals surface area contributed by atoms with E-state index in [0.29, 0.717) is 24.0 Å². The van der Waals surface area contributed by atoms with Crippen LogP contribution in [0.2, 0.25) is 0 Å². The number of rotatable bonds is 7. The molecule has 2 rings (SSSR count). The number of benzene rings is 1. The lowest BCUT2D eigenvalue weighted by molar-refractivity contribution is 0.299. The molecule has 0 unspecified atom stereocenters. The molecule has 0 radical (unpaired) electrons. The molecule has 1 atom stereocenters. The first-order chi connectivity index (χ1) is 9.86. The molecule has 0 spiro atoms. The highest BCUT2D eigenvalue weighted by molar-refractivity contribution is 7.88. The maximum Gasteiger partial charge on any atom is 0.211 e. The third-order valence-corrected chi connectivity index (χ3v) is 5.32. The maximum absolute atomic E-state index is 12.1. The fourth-order valence-corrected chi connectivity index (χ4v) is 3.68. The van der Waals surface area contributed by atoms with Crippen molar-refractivity contribution in [1.29, 1.82) is 0 Å². The van der Waals surface area contributed by atoms with Gasteiger partial charge in [-0.3, -0.25) is 0 Å². The predicted octanol–water partition coefficient (Wildman–Crippen LogP) is 2.26. The Morgan fingerprint density at radius 3 is 2.43 bits per heavy atom. The molecular formula is C15H23NO4S. The van der Waals surface area contributed by atoms with Crippen molar-refractivity contribution in [1.82, 2.24) is 4.31 Å². The van der Waals surface area contributed by atoms with E-state index in [1.165, 1.54) is 6.26 Å². The molecule has 0 bridgehead atoms. The van der Waals surface area contributed by atoms with Gasteiger partial charge in [0.1, 0.15) is 11.5 Å². The second-order valence-corrected chi connectivity index (χ2v) is 7.50. The second kappa shape index (κ2) is 6.23. The Bertz CT molecular complexity index is 596. The summed E-state index contributed by atoms with van der Waals surface area (Å²) < 4.78 is 36.3. The van der Waals surface area contributed by atoms with E-state index in [0.717, 1.165) is 18.4 Å². The van der Waals surface area contributed by atoms with Crippen LogP contribution in [0.25, 0.3) is 0 Å². The van der Waals surface area contributed by atoms with Crippen LogP contribution in [0.5, 0.6) is 11.5 Å². The fourth-order valence-electron chi connectivity index (χ4n) is 2.53. The molecule has 1 aliphatic carbocycles. The lowest BCUT2D eigenvalue weighted by Crippen LogP contribution is -2.38. The molecule has 5 nitrogen and oxygen atoms in total. The van der Waals surface area contributed by atoms with E-state index in [2.05, 4.69) is 0 Å². The second-order valence-electron chi connectivity index (χ2n) is 5.56.